The van der Waals surface area contributed by atoms with E-state index in [2.05, 4.69) is 15.9 Å². The normalized spacial score (nSPS) is 14.8. The number of carboxylic acids is 1. The topological polar surface area (TPSA) is 57.5 Å². The van der Waals surface area contributed by atoms with E-state index >= 15 is 0 Å². The number of aliphatic hydroxyl groups is 1. The Balaban J connectivity index is 2.83. The van der Waals surface area contributed by atoms with Crippen LogP contribution in [0.15, 0.2) is 28.7 Å². The number of hydrogen-bond acceptors (Lipinski definition) is 2. The molecule has 1 unspecified atom stereocenters. The summed E-state index contributed by atoms with van der Waals surface area (Å²) in [5, 5.41) is 18.2. The first kappa shape index (κ1) is 11.2. The summed E-state index contributed by atoms with van der Waals surface area (Å²) in [7, 11) is 0. The van der Waals surface area contributed by atoms with Crippen LogP contribution in [0.5, 0.6) is 0 Å². The van der Waals surface area contributed by atoms with E-state index in [1.807, 2.05) is 6.07 Å². The second kappa shape index (κ2) is 4.11. The molecule has 0 aliphatic carbocycles. The Kier molecular flexibility index (Phi) is 3.29. The molecule has 0 bridgehead atoms. The molecule has 1 aromatic carbocycles. The van der Waals surface area contributed by atoms with E-state index in [-0.39, 0.29) is 6.42 Å². The van der Waals surface area contributed by atoms with Gasteiger partial charge in [-0.25, -0.2) is 4.79 Å². The molecule has 4 heteroatoms. The maximum Gasteiger partial charge on any atom is 0.335 e. The molecule has 0 saturated carbocycles. The molecule has 14 heavy (non-hydrogen) atoms. The number of hydrogen-bond donors (Lipinski definition) is 2. The van der Waals surface area contributed by atoms with Gasteiger partial charge in [0.15, 0.2) is 5.60 Å². The fourth-order valence-corrected chi connectivity index (χ4v) is 1.57. The lowest BCUT2D eigenvalue weighted by molar-refractivity contribution is -0.156. The van der Waals surface area contributed by atoms with Crippen molar-refractivity contribution >= 4 is 21.9 Å². The Hall–Kier alpha value is -0.870. The van der Waals surface area contributed by atoms with Crippen LogP contribution < -0.4 is 0 Å². The van der Waals surface area contributed by atoms with Gasteiger partial charge in [0.2, 0.25) is 0 Å². The minimum absolute atomic E-state index is 0.0990. The summed E-state index contributed by atoms with van der Waals surface area (Å²) in [6.07, 6.45) is 0.0990. The molecule has 0 amide bonds. The molecule has 1 atom stereocenters. The van der Waals surface area contributed by atoms with Crippen molar-refractivity contribution < 1.29 is 15.0 Å². The van der Waals surface area contributed by atoms with Gasteiger partial charge in [-0.05, 0) is 24.6 Å². The highest BCUT2D eigenvalue weighted by Gasteiger charge is 2.29. The lowest BCUT2D eigenvalue weighted by Gasteiger charge is -2.17. The summed E-state index contributed by atoms with van der Waals surface area (Å²) in [4.78, 5) is 10.6. The molecule has 0 radical (unpaired) electrons. The maximum atomic E-state index is 10.6. The molecule has 1 rings (SSSR count). The molecule has 1 aromatic rings. The second-order valence-electron chi connectivity index (χ2n) is 3.39. The highest BCUT2D eigenvalue weighted by Crippen LogP contribution is 2.17. The van der Waals surface area contributed by atoms with Gasteiger partial charge in [0.25, 0.3) is 0 Å². The first-order chi connectivity index (χ1) is 6.42. The van der Waals surface area contributed by atoms with E-state index in [9.17, 15) is 9.90 Å². The average molecular weight is 259 g/mol. The van der Waals surface area contributed by atoms with Gasteiger partial charge in [-0.15, -0.1) is 0 Å². The lowest BCUT2D eigenvalue weighted by atomic mass is 9.97. The summed E-state index contributed by atoms with van der Waals surface area (Å²) >= 11 is 3.28. The van der Waals surface area contributed by atoms with Gasteiger partial charge in [0.1, 0.15) is 0 Å². The van der Waals surface area contributed by atoms with Crippen molar-refractivity contribution in [2.45, 2.75) is 18.9 Å². The predicted molar refractivity (Wildman–Crippen MR) is 56.1 cm³/mol. The van der Waals surface area contributed by atoms with Crippen LogP contribution in [0, 0.1) is 0 Å². The number of rotatable bonds is 3. The number of halogens is 1. The number of aliphatic carboxylic acids is 1. The van der Waals surface area contributed by atoms with Crippen LogP contribution in [-0.2, 0) is 11.2 Å². The zero-order valence-corrected chi connectivity index (χ0v) is 9.28. The van der Waals surface area contributed by atoms with Gasteiger partial charge in [-0.3, -0.25) is 0 Å². The van der Waals surface area contributed by atoms with Crippen molar-refractivity contribution in [3.05, 3.63) is 34.3 Å². The van der Waals surface area contributed by atoms with Gasteiger partial charge in [-0.1, -0.05) is 28.1 Å². The standard InChI is InChI=1S/C10H11BrO3/c1-10(14,9(12)13)6-7-3-2-4-8(11)5-7/h2-5,14H,6H2,1H3,(H,12,13). The summed E-state index contributed by atoms with van der Waals surface area (Å²) in [5.74, 6) is -1.21. The maximum absolute atomic E-state index is 10.6. The lowest BCUT2D eigenvalue weighted by Crippen LogP contribution is -2.37. The van der Waals surface area contributed by atoms with Crippen molar-refractivity contribution in [2.24, 2.45) is 0 Å². The van der Waals surface area contributed by atoms with Gasteiger partial charge in [-0.2, -0.15) is 0 Å². The van der Waals surface area contributed by atoms with Crippen LogP contribution in [0.1, 0.15) is 12.5 Å². The van der Waals surface area contributed by atoms with Crippen LogP contribution in [-0.4, -0.2) is 21.8 Å². The first-order valence-corrected chi connectivity index (χ1v) is 4.91. The first-order valence-electron chi connectivity index (χ1n) is 4.12. The molecule has 0 aliphatic heterocycles. The molecule has 0 aliphatic rings. The third kappa shape index (κ3) is 2.82. The van der Waals surface area contributed by atoms with Crippen LogP contribution in [0.3, 0.4) is 0 Å². The minimum atomic E-state index is -1.71. The van der Waals surface area contributed by atoms with Gasteiger partial charge in [0.05, 0.1) is 0 Å². The third-order valence-corrected chi connectivity index (χ3v) is 2.39. The smallest absolute Gasteiger partial charge is 0.335 e. The molecule has 0 aromatic heterocycles. The molecule has 0 spiro atoms. The zero-order chi connectivity index (χ0) is 10.8. The van der Waals surface area contributed by atoms with E-state index in [0.717, 1.165) is 10.0 Å². The number of carboxylic acid groups (broad SMARTS) is 1. The Labute approximate surface area is 90.5 Å². The quantitative estimate of drug-likeness (QED) is 0.870. The van der Waals surface area contributed by atoms with Crippen molar-refractivity contribution in [1.82, 2.24) is 0 Å². The molecular weight excluding hydrogens is 248 g/mol. The fourth-order valence-electron chi connectivity index (χ4n) is 1.12. The summed E-state index contributed by atoms with van der Waals surface area (Å²) in [5.41, 5.74) is -0.923. The van der Waals surface area contributed by atoms with E-state index in [1.54, 1.807) is 18.2 Å². The highest BCUT2D eigenvalue weighted by molar-refractivity contribution is 9.10. The fraction of sp³-hybridized carbons (Fsp3) is 0.300. The predicted octanol–water partition coefficient (Wildman–Crippen LogP) is 1.83. The van der Waals surface area contributed by atoms with E-state index in [4.69, 9.17) is 5.11 Å². The van der Waals surface area contributed by atoms with Gasteiger partial charge in [0, 0.05) is 10.9 Å². The monoisotopic (exact) mass is 258 g/mol. The van der Waals surface area contributed by atoms with E-state index in [0.29, 0.717) is 0 Å². The molecule has 0 heterocycles. The second-order valence-corrected chi connectivity index (χ2v) is 4.30. The van der Waals surface area contributed by atoms with E-state index in [1.165, 1.54) is 6.92 Å². The molecular formula is C10H11BrO3. The van der Waals surface area contributed by atoms with Crippen LogP contribution in [0.2, 0.25) is 0 Å². The van der Waals surface area contributed by atoms with Gasteiger partial charge >= 0.3 is 5.97 Å². The molecule has 3 nitrogen and oxygen atoms in total. The number of benzene rings is 1. The average Bonchev–Trinajstić information content (AvgIpc) is 2.02. The van der Waals surface area contributed by atoms with Crippen molar-refractivity contribution in [1.29, 1.82) is 0 Å². The minimum Gasteiger partial charge on any atom is -0.479 e. The molecule has 0 saturated heterocycles. The van der Waals surface area contributed by atoms with E-state index < -0.39 is 11.6 Å². The molecule has 2 N–H and O–H groups in total. The van der Waals surface area contributed by atoms with Crippen LogP contribution in [0.25, 0.3) is 0 Å². The highest BCUT2D eigenvalue weighted by atomic mass is 79.9. The summed E-state index contributed by atoms with van der Waals surface area (Å²) in [6, 6.07) is 7.22. The third-order valence-electron chi connectivity index (χ3n) is 1.90. The Morgan fingerprint density at radius 3 is 2.71 bits per heavy atom. The zero-order valence-electron chi connectivity index (χ0n) is 7.70. The van der Waals surface area contributed by atoms with Crippen LogP contribution in [0.4, 0.5) is 0 Å². The van der Waals surface area contributed by atoms with Crippen molar-refractivity contribution in [3.8, 4) is 0 Å². The Morgan fingerprint density at radius 1 is 1.57 bits per heavy atom. The van der Waals surface area contributed by atoms with Crippen molar-refractivity contribution in [3.63, 3.8) is 0 Å². The van der Waals surface area contributed by atoms with Gasteiger partial charge < -0.3 is 10.2 Å². The Bertz CT molecular complexity index is 347. The molecule has 0 fully saturated rings. The summed E-state index contributed by atoms with van der Waals surface area (Å²) in [6.45, 7) is 1.29. The summed E-state index contributed by atoms with van der Waals surface area (Å²) < 4.78 is 0.871. The SMILES string of the molecule is CC(O)(Cc1cccc(Br)c1)C(=O)O. The van der Waals surface area contributed by atoms with Crippen LogP contribution >= 0.6 is 15.9 Å². The number of carbonyl (C=O) groups is 1. The van der Waals surface area contributed by atoms with Crippen molar-refractivity contribution in [2.75, 3.05) is 0 Å². The Morgan fingerprint density at radius 2 is 2.21 bits per heavy atom. The molecule has 76 valence electrons. The largest absolute Gasteiger partial charge is 0.479 e.